The molecule has 3 heteroatoms. The lowest BCUT2D eigenvalue weighted by Crippen LogP contribution is -1.99. The van der Waals surface area contributed by atoms with E-state index < -0.39 is 0 Å². The normalized spacial score (nSPS) is 9.41. The summed E-state index contributed by atoms with van der Waals surface area (Å²) >= 11 is 4.51. The Balaban J connectivity index is 2.29. The Morgan fingerprint density at radius 2 is 1.53 bits per heavy atom. The van der Waals surface area contributed by atoms with Crippen LogP contribution >= 0.6 is 12.2 Å². The van der Waals surface area contributed by atoms with Gasteiger partial charge in [-0.3, -0.25) is 4.79 Å². The summed E-state index contributed by atoms with van der Waals surface area (Å²) in [7, 11) is 0. The Morgan fingerprint density at radius 3 is 2.12 bits per heavy atom. The van der Waals surface area contributed by atoms with E-state index in [1.165, 1.54) is 0 Å². The zero-order chi connectivity index (χ0) is 12.1. The van der Waals surface area contributed by atoms with Gasteiger partial charge in [0.15, 0.2) is 5.78 Å². The van der Waals surface area contributed by atoms with Crippen LogP contribution in [0.1, 0.15) is 15.9 Å². The summed E-state index contributed by atoms with van der Waals surface area (Å²) < 4.78 is 0. The van der Waals surface area contributed by atoms with E-state index >= 15 is 0 Å². The molecule has 0 aliphatic heterocycles. The van der Waals surface area contributed by atoms with Crippen molar-refractivity contribution in [2.45, 2.75) is 0 Å². The molecule has 0 amide bonds. The number of benzene rings is 2. The van der Waals surface area contributed by atoms with Gasteiger partial charge in [-0.25, -0.2) is 0 Å². The van der Waals surface area contributed by atoms with Gasteiger partial charge in [0.2, 0.25) is 0 Å². The van der Waals surface area contributed by atoms with Crippen LogP contribution in [-0.4, -0.2) is 10.9 Å². The zero-order valence-electron chi connectivity index (χ0n) is 8.96. The van der Waals surface area contributed by atoms with E-state index in [-0.39, 0.29) is 5.78 Å². The number of thiocarbonyl (C=S) groups is 1. The number of isothiocyanates is 1. The van der Waals surface area contributed by atoms with Crippen molar-refractivity contribution in [3.8, 4) is 0 Å². The van der Waals surface area contributed by atoms with Crippen LogP contribution in [0.2, 0.25) is 0 Å². The predicted molar refractivity (Wildman–Crippen MR) is 71.0 cm³/mol. The lowest BCUT2D eigenvalue weighted by molar-refractivity contribution is 0.103. The van der Waals surface area contributed by atoms with Crippen LogP contribution in [0.5, 0.6) is 0 Å². The molecule has 17 heavy (non-hydrogen) atoms. The van der Waals surface area contributed by atoms with Gasteiger partial charge in [0.05, 0.1) is 10.8 Å². The van der Waals surface area contributed by atoms with Crippen molar-refractivity contribution < 1.29 is 4.79 Å². The molecule has 0 heterocycles. The molecule has 0 spiro atoms. The summed E-state index contributed by atoms with van der Waals surface area (Å²) in [6, 6.07) is 16.1. The maximum Gasteiger partial charge on any atom is 0.193 e. The summed E-state index contributed by atoms with van der Waals surface area (Å²) in [5, 5.41) is 2.29. The van der Waals surface area contributed by atoms with Crippen LogP contribution < -0.4 is 0 Å². The summed E-state index contributed by atoms with van der Waals surface area (Å²) in [5.74, 6) is 0.00322. The van der Waals surface area contributed by atoms with Crippen molar-refractivity contribution in [2.24, 2.45) is 4.99 Å². The first-order valence-corrected chi connectivity index (χ1v) is 5.50. The quantitative estimate of drug-likeness (QED) is 0.465. The summed E-state index contributed by atoms with van der Waals surface area (Å²) in [5.41, 5.74) is 2.02. The van der Waals surface area contributed by atoms with Gasteiger partial charge in [-0.1, -0.05) is 30.3 Å². The second-order valence-electron chi connectivity index (χ2n) is 3.45. The highest BCUT2D eigenvalue weighted by Gasteiger charge is 2.07. The Bertz CT molecular complexity index is 569. The van der Waals surface area contributed by atoms with Crippen molar-refractivity contribution in [1.29, 1.82) is 0 Å². The van der Waals surface area contributed by atoms with E-state index in [4.69, 9.17) is 0 Å². The van der Waals surface area contributed by atoms with Crippen LogP contribution in [-0.2, 0) is 0 Å². The lowest BCUT2D eigenvalue weighted by atomic mass is 10.0. The Kier molecular flexibility index (Phi) is 3.55. The minimum Gasteiger partial charge on any atom is -0.289 e. The SMILES string of the molecule is O=C(c1ccccc1)c1ccc(N=C=S)cc1. The molecule has 0 fully saturated rings. The first kappa shape index (κ1) is 11.4. The molecule has 82 valence electrons. The molecule has 0 atom stereocenters. The Morgan fingerprint density at radius 1 is 0.941 bits per heavy atom. The average Bonchev–Trinajstić information content (AvgIpc) is 2.40. The highest BCUT2D eigenvalue weighted by Crippen LogP contribution is 2.15. The number of ketones is 1. The molecule has 2 rings (SSSR count). The summed E-state index contributed by atoms with van der Waals surface area (Å²) in [4.78, 5) is 15.9. The average molecular weight is 239 g/mol. The van der Waals surface area contributed by atoms with Gasteiger partial charge < -0.3 is 0 Å². The third-order valence-corrected chi connectivity index (χ3v) is 2.43. The molecule has 0 bridgehead atoms. The fraction of sp³-hybridized carbons (Fsp3) is 0. The molecule has 0 N–H and O–H groups in total. The van der Waals surface area contributed by atoms with E-state index in [0.717, 1.165) is 0 Å². The minimum atomic E-state index is 0.00322. The number of aliphatic imine (C=N–C) groups is 1. The number of nitrogens with zero attached hydrogens (tertiary/aromatic N) is 1. The van der Waals surface area contributed by atoms with Crippen LogP contribution in [0.15, 0.2) is 59.6 Å². The minimum absolute atomic E-state index is 0.00322. The van der Waals surface area contributed by atoms with E-state index in [0.29, 0.717) is 16.8 Å². The standard InChI is InChI=1S/C14H9NOS/c16-14(11-4-2-1-3-5-11)12-6-8-13(9-7-12)15-10-17/h1-9H. The summed E-state index contributed by atoms with van der Waals surface area (Å²) in [6.07, 6.45) is 0. The van der Waals surface area contributed by atoms with Gasteiger partial charge in [-0.2, -0.15) is 4.99 Å². The molecule has 0 aliphatic rings. The highest BCUT2D eigenvalue weighted by molar-refractivity contribution is 7.78. The molecule has 0 unspecified atom stereocenters. The first-order chi connectivity index (χ1) is 8.31. The molecule has 2 nitrogen and oxygen atoms in total. The second-order valence-corrected chi connectivity index (χ2v) is 3.63. The molecule has 0 saturated carbocycles. The van der Waals surface area contributed by atoms with Crippen LogP contribution in [0.4, 0.5) is 5.69 Å². The van der Waals surface area contributed by atoms with Gasteiger partial charge in [-0.15, -0.1) is 0 Å². The Labute approximate surface area is 105 Å². The molecule has 0 radical (unpaired) electrons. The van der Waals surface area contributed by atoms with E-state index in [1.807, 2.05) is 18.2 Å². The fourth-order valence-electron chi connectivity index (χ4n) is 1.50. The van der Waals surface area contributed by atoms with Crippen LogP contribution in [0, 0.1) is 0 Å². The lowest BCUT2D eigenvalue weighted by Gasteiger charge is -2.00. The first-order valence-electron chi connectivity index (χ1n) is 5.09. The van der Waals surface area contributed by atoms with Crippen molar-refractivity contribution in [3.05, 3.63) is 65.7 Å². The third-order valence-electron chi connectivity index (χ3n) is 2.34. The molecular formula is C14H9NOS. The van der Waals surface area contributed by atoms with Gasteiger partial charge in [0.25, 0.3) is 0 Å². The van der Waals surface area contributed by atoms with Gasteiger partial charge in [-0.05, 0) is 36.5 Å². The molecule has 0 aliphatic carbocycles. The topological polar surface area (TPSA) is 29.4 Å². The van der Waals surface area contributed by atoms with Crippen LogP contribution in [0.3, 0.4) is 0 Å². The molecule has 0 saturated heterocycles. The number of hydrogen-bond donors (Lipinski definition) is 0. The fourth-order valence-corrected chi connectivity index (χ4v) is 1.60. The van der Waals surface area contributed by atoms with Gasteiger partial charge in [0.1, 0.15) is 0 Å². The largest absolute Gasteiger partial charge is 0.289 e. The van der Waals surface area contributed by atoms with Crippen molar-refractivity contribution in [2.75, 3.05) is 0 Å². The molecule has 2 aromatic carbocycles. The van der Waals surface area contributed by atoms with Crippen molar-refractivity contribution in [1.82, 2.24) is 0 Å². The highest BCUT2D eigenvalue weighted by atomic mass is 32.1. The monoisotopic (exact) mass is 239 g/mol. The number of hydrogen-bond acceptors (Lipinski definition) is 3. The van der Waals surface area contributed by atoms with Gasteiger partial charge >= 0.3 is 0 Å². The predicted octanol–water partition coefficient (Wildman–Crippen LogP) is 3.65. The van der Waals surface area contributed by atoms with Crippen LogP contribution in [0.25, 0.3) is 0 Å². The van der Waals surface area contributed by atoms with Crippen molar-refractivity contribution in [3.63, 3.8) is 0 Å². The smallest absolute Gasteiger partial charge is 0.193 e. The van der Waals surface area contributed by atoms with E-state index in [9.17, 15) is 4.79 Å². The zero-order valence-corrected chi connectivity index (χ0v) is 9.78. The maximum atomic E-state index is 12.0. The molecule has 2 aromatic rings. The number of carbonyl (C=O) groups excluding carboxylic acids is 1. The maximum absolute atomic E-state index is 12.0. The van der Waals surface area contributed by atoms with Crippen molar-refractivity contribution >= 4 is 28.8 Å². The second kappa shape index (κ2) is 5.30. The Hall–Kier alpha value is -2.09. The molecular weight excluding hydrogens is 230 g/mol. The third kappa shape index (κ3) is 2.72. The van der Waals surface area contributed by atoms with Gasteiger partial charge in [0, 0.05) is 11.1 Å². The molecule has 0 aromatic heterocycles. The van der Waals surface area contributed by atoms with E-state index in [1.54, 1.807) is 36.4 Å². The number of rotatable bonds is 3. The van der Waals surface area contributed by atoms with E-state index in [2.05, 4.69) is 22.4 Å². The summed E-state index contributed by atoms with van der Waals surface area (Å²) in [6.45, 7) is 0. The number of carbonyl (C=O) groups is 1.